The van der Waals surface area contributed by atoms with E-state index in [1.165, 1.54) is 69.7 Å². The van der Waals surface area contributed by atoms with Gasteiger partial charge in [0.05, 0.1) is 11.4 Å². The molecule has 8 heterocycles. The van der Waals surface area contributed by atoms with Gasteiger partial charge in [0.15, 0.2) is 5.01 Å². The molecule has 0 saturated carbocycles. The van der Waals surface area contributed by atoms with Gasteiger partial charge in [-0.25, -0.2) is 24.7 Å². The average Bonchev–Trinajstić information content (AvgIpc) is 4.07. The molecular weight excluding hydrogens is 936 g/mol. The Morgan fingerprint density at radius 3 is 1.61 bits per heavy atom. The predicted octanol–water partition coefficient (Wildman–Crippen LogP) is 10.4. The number of aromatic amines is 2. The van der Waals surface area contributed by atoms with Crippen molar-refractivity contribution in [2.45, 2.75) is 74.1 Å². The van der Waals surface area contributed by atoms with E-state index in [0.717, 1.165) is 85.1 Å². The summed E-state index contributed by atoms with van der Waals surface area (Å²) in [6.07, 6.45) is 14.7. The average molecular weight is 994 g/mol. The van der Waals surface area contributed by atoms with Gasteiger partial charge in [-0.15, -0.1) is 22.7 Å². The van der Waals surface area contributed by atoms with Crippen LogP contribution in [0.4, 0.5) is 0 Å². The number of carbonyl (C=O) groups excluding carboxylic acids is 1. The van der Waals surface area contributed by atoms with Crippen LogP contribution < -0.4 is 5.32 Å². The molecule has 1 atom stereocenters. The summed E-state index contributed by atoms with van der Waals surface area (Å²) in [4.78, 5) is 51.1. The topological polar surface area (TPSA) is 173 Å². The number of rotatable bonds is 7. The second-order valence-electron chi connectivity index (χ2n) is 12.8. The number of nitrogens with one attached hydrogen (secondary N) is 3. The van der Waals surface area contributed by atoms with E-state index in [2.05, 4.69) is 92.8 Å². The SMILES string of the molecule is C.C.C1CCNCC1.CCN(CC)CC.O=BP.O=C(O)c1nc(-c2c[nH]c3ncc(Br)cc23)cs1.O=C(c1nc(-c2c[nH]c3ncc(Br)cc23)cs1)N1CCCCC1. The molecule has 1 unspecified atom stereocenters. The van der Waals surface area contributed by atoms with Gasteiger partial charge in [0.1, 0.15) is 11.3 Å². The number of amides is 1. The van der Waals surface area contributed by atoms with Crippen molar-refractivity contribution in [1.82, 2.24) is 45.0 Å². The molecule has 0 aromatic carbocycles. The maximum absolute atomic E-state index is 12.5. The van der Waals surface area contributed by atoms with Gasteiger partial charge in [0, 0.05) is 79.5 Å². The summed E-state index contributed by atoms with van der Waals surface area (Å²) in [5.74, 6) is -0.953. The number of carboxylic acids is 1. The second kappa shape index (κ2) is 27.6. The fourth-order valence-corrected chi connectivity index (χ4v) is 8.18. The summed E-state index contributed by atoms with van der Waals surface area (Å²) in [6, 6.07) is 3.94. The smallest absolute Gasteiger partial charge is 0.365 e. The van der Waals surface area contributed by atoms with E-state index in [1.54, 1.807) is 24.0 Å². The van der Waals surface area contributed by atoms with Gasteiger partial charge in [-0.05, 0) is 109 Å². The quantitative estimate of drug-likeness (QED) is 0.0891. The Hall–Kier alpha value is -3.25. The Morgan fingerprint density at radius 2 is 1.24 bits per heavy atom. The molecule has 2 aliphatic heterocycles. The summed E-state index contributed by atoms with van der Waals surface area (Å²) in [6.45, 7) is 15.0. The number of aromatic nitrogens is 6. The maximum atomic E-state index is 12.5. The van der Waals surface area contributed by atoms with E-state index in [4.69, 9.17) is 9.81 Å². The number of likely N-dealkylation sites (tertiary alicyclic amines) is 1. The van der Waals surface area contributed by atoms with Gasteiger partial charge < -0.3 is 30.2 Å². The molecule has 1 amide bonds. The first-order chi connectivity index (χ1) is 27.6. The molecule has 6 aromatic rings. The summed E-state index contributed by atoms with van der Waals surface area (Å²) >= 11 is 9.34. The molecule has 2 aliphatic rings. The number of hydrogen-bond donors (Lipinski definition) is 4. The number of carbonyl (C=O) groups is 2. The van der Waals surface area contributed by atoms with E-state index in [1.807, 2.05) is 37.7 Å². The molecule has 59 heavy (non-hydrogen) atoms. The van der Waals surface area contributed by atoms with Crippen LogP contribution in [0.5, 0.6) is 0 Å². The fraction of sp³-hybridized carbons (Fsp3) is 0.450. The predicted molar refractivity (Wildman–Crippen MR) is 256 cm³/mol. The van der Waals surface area contributed by atoms with Crippen molar-refractivity contribution in [3.63, 3.8) is 0 Å². The van der Waals surface area contributed by atoms with Crippen LogP contribution in [0.3, 0.4) is 0 Å². The van der Waals surface area contributed by atoms with Crippen molar-refractivity contribution < 1.29 is 19.4 Å². The van der Waals surface area contributed by atoms with Crippen molar-refractivity contribution in [2.75, 3.05) is 45.8 Å². The molecule has 0 radical (unpaired) electrons. The van der Waals surface area contributed by atoms with Gasteiger partial charge in [-0.1, -0.05) is 42.0 Å². The van der Waals surface area contributed by atoms with Gasteiger partial charge in [0.25, 0.3) is 5.91 Å². The normalized spacial score (nSPS) is 13.1. The number of carboxylic acid groups (broad SMARTS) is 1. The van der Waals surface area contributed by atoms with Gasteiger partial charge in [0.2, 0.25) is 5.01 Å². The third-order valence-electron chi connectivity index (χ3n) is 9.11. The standard InChI is InChI=1S/C16H15BrN4OS.C11H6BrN3O2S.C6H15N.C5H11N.2CH4.BH2OP/c17-10-6-11-12(8-19-14(11)18-7-10)13-9-23-15(20-13)16(22)21-4-2-1-3-5-21;12-5-1-6-7(3-14-9(6)13-2-5)8-4-18-10(15-8)11(16)17;1-4-7(5-2)6-3;1-2-4-6-5-3-1;;;2-1-3/h6-9H,1-5H2,(H,18,19);1-4H,(H,13,14)(H,16,17);4-6H2,1-3H3;6H,1-5H2;2*1H4;3H2. The molecule has 4 N–H and O–H groups in total. The minimum absolute atomic E-state index is 0. The minimum atomic E-state index is -1.01. The molecule has 13 nitrogen and oxygen atoms in total. The number of H-pyrrole nitrogens is 2. The van der Waals surface area contributed by atoms with Crippen molar-refractivity contribution >= 4 is 104 Å². The first-order valence-electron chi connectivity index (χ1n) is 18.9. The maximum Gasteiger partial charge on any atom is 0.365 e. The van der Waals surface area contributed by atoms with Crippen LogP contribution in [0.1, 0.15) is 93.8 Å². The zero-order valence-electron chi connectivity index (χ0n) is 32.4. The molecule has 320 valence electrons. The number of fused-ring (bicyclic) bond motifs is 2. The summed E-state index contributed by atoms with van der Waals surface area (Å²) in [7, 11) is 1.90. The zero-order chi connectivity index (χ0) is 41.2. The number of pyridine rings is 2. The first-order valence-corrected chi connectivity index (χ1v) is 22.9. The molecule has 8 rings (SSSR count). The van der Waals surface area contributed by atoms with E-state index >= 15 is 0 Å². The number of halogens is 2. The third kappa shape index (κ3) is 15.6. The van der Waals surface area contributed by atoms with Crippen molar-refractivity contribution in [3.05, 3.63) is 66.6 Å². The Morgan fingerprint density at radius 1 is 0.797 bits per heavy atom. The van der Waals surface area contributed by atoms with Crippen LogP contribution >= 0.6 is 63.7 Å². The summed E-state index contributed by atoms with van der Waals surface area (Å²) in [5.41, 5.74) is 4.86. The van der Waals surface area contributed by atoms with E-state index in [-0.39, 0.29) is 25.8 Å². The van der Waals surface area contributed by atoms with Crippen molar-refractivity contribution in [1.29, 1.82) is 0 Å². The van der Waals surface area contributed by atoms with Gasteiger partial charge in [-0.3, -0.25) is 4.79 Å². The Bertz CT molecular complexity index is 2150. The van der Waals surface area contributed by atoms with Crippen molar-refractivity contribution in [3.8, 4) is 22.5 Å². The Balaban J connectivity index is 0.000000295. The molecule has 2 saturated heterocycles. The third-order valence-corrected chi connectivity index (χ3v) is 11.6. The molecular formula is C40H57BBr2N9O4PS2. The molecule has 19 heteroatoms. The van der Waals surface area contributed by atoms with Crippen LogP contribution in [-0.2, 0) is 4.70 Å². The van der Waals surface area contributed by atoms with E-state index in [0.29, 0.717) is 17.6 Å². The molecule has 6 aromatic heterocycles. The van der Waals surface area contributed by atoms with E-state index in [9.17, 15) is 9.59 Å². The number of hydrogen-bond acceptors (Lipinski definition) is 11. The van der Waals surface area contributed by atoms with Crippen LogP contribution in [0.25, 0.3) is 44.6 Å². The minimum Gasteiger partial charge on any atom is -0.476 e. The summed E-state index contributed by atoms with van der Waals surface area (Å²) < 4.78 is 10.6. The number of nitrogens with zero attached hydrogens (tertiary/aromatic N) is 6. The Kier molecular flexibility index (Phi) is 24.2. The molecule has 0 bridgehead atoms. The largest absolute Gasteiger partial charge is 0.476 e. The molecule has 2 fully saturated rings. The van der Waals surface area contributed by atoms with Crippen LogP contribution in [-0.4, -0.2) is 109 Å². The number of thiazole rings is 2. The van der Waals surface area contributed by atoms with Crippen LogP contribution in [0.2, 0.25) is 0 Å². The fourth-order valence-electron chi connectivity index (χ4n) is 6.08. The molecule has 0 spiro atoms. The van der Waals surface area contributed by atoms with Crippen molar-refractivity contribution in [2.24, 2.45) is 0 Å². The first kappa shape index (κ1) is 51.9. The van der Waals surface area contributed by atoms with E-state index < -0.39 is 5.97 Å². The van der Waals surface area contributed by atoms with Crippen LogP contribution in [0.15, 0.2) is 56.6 Å². The van der Waals surface area contributed by atoms with Gasteiger partial charge >= 0.3 is 26.7 Å². The number of aromatic carboxylic acids is 1. The van der Waals surface area contributed by atoms with Gasteiger partial charge in [-0.2, -0.15) is 0 Å². The number of piperidine rings is 2. The molecule has 0 aliphatic carbocycles. The van der Waals surface area contributed by atoms with Crippen LogP contribution in [0, 0.1) is 0 Å². The zero-order valence-corrected chi connectivity index (χ0v) is 38.4. The Labute approximate surface area is 375 Å². The monoisotopic (exact) mass is 991 g/mol. The second-order valence-corrected chi connectivity index (χ2v) is 16.6. The summed E-state index contributed by atoms with van der Waals surface area (Å²) in [5, 5.41) is 18.4.